The maximum absolute atomic E-state index is 12.1. The molecule has 1 aromatic carbocycles. The predicted molar refractivity (Wildman–Crippen MR) is 79.7 cm³/mol. The Balaban J connectivity index is 1.53. The molecule has 0 aliphatic carbocycles. The van der Waals surface area contributed by atoms with Crippen molar-refractivity contribution in [3.05, 3.63) is 42.2 Å². The Morgan fingerprint density at radius 3 is 3.18 bits per heavy atom. The van der Waals surface area contributed by atoms with E-state index in [0.717, 1.165) is 13.0 Å². The number of rotatable bonds is 5. The van der Waals surface area contributed by atoms with Gasteiger partial charge in [0.25, 0.3) is 11.8 Å². The molecule has 22 heavy (non-hydrogen) atoms. The van der Waals surface area contributed by atoms with E-state index in [2.05, 4.69) is 15.7 Å². The number of aromatic nitrogens is 2. The van der Waals surface area contributed by atoms with Crippen LogP contribution in [-0.2, 0) is 11.3 Å². The molecule has 1 aliphatic heterocycles. The Hall–Kier alpha value is -2.83. The number of hydrogen-bond acceptors (Lipinski definition) is 4. The molecule has 1 aliphatic rings. The monoisotopic (exact) mass is 300 g/mol. The highest BCUT2D eigenvalue weighted by Crippen LogP contribution is 2.28. The molecule has 3 rings (SSSR count). The normalized spacial score (nSPS) is 13.0. The third-order valence-electron chi connectivity index (χ3n) is 3.29. The zero-order valence-corrected chi connectivity index (χ0v) is 11.9. The molecule has 7 nitrogen and oxygen atoms in total. The van der Waals surface area contributed by atoms with Gasteiger partial charge in [0.2, 0.25) is 0 Å². The molecule has 2 aromatic rings. The zero-order valence-electron chi connectivity index (χ0n) is 11.9. The van der Waals surface area contributed by atoms with Gasteiger partial charge in [0, 0.05) is 31.0 Å². The molecule has 0 spiro atoms. The molecule has 0 unspecified atom stereocenters. The van der Waals surface area contributed by atoms with E-state index in [1.807, 2.05) is 16.9 Å². The van der Waals surface area contributed by atoms with Crippen LogP contribution in [0.15, 0.2) is 36.7 Å². The Morgan fingerprint density at radius 2 is 2.36 bits per heavy atom. The van der Waals surface area contributed by atoms with E-state index in [0.29, 0.717) is 23.5 Å². The Labute approximate surface area is 127 Å². The highest BCUT2D eigenvalue weighted by Gasteiger charge is 2.17. The number of benzene rings is 1. The summed E-state index contributed by atoms with van der Waals surface area (Å²) < 4.78 is 7.12. The minimum absolute atomic E-state index is 0.0259. The number of carbonyl (C=O) groups is 2. The number of anilines is 1. The van der Waals surface area contributed by atoms with E-state index < -0.39 is 0 Å². The van der Waals surface area contributed by atoms with Crippen molar-refractivity contribution in [3.63, 3.8) is 0 Å². The summed E-state index contributed by atoms with van der Waals surface area (Å²) in [6.07, 6.45) is 4.41. The van der Waals surface area contributed by atoms with Gasteiger partial charge in [0.15, 0.2) is 6.61 Å². The fourth-order valence-corrected chi connectivity index (χ4v) is 2.19. The van der Waals surface area contributed by atoms with Crippen LogP contribution < -0.4 is 15.4 Å². The van der Waals surface area contributed by atoms with Crippen LogP contribution in [-0.4, -0.2) is 34.7 Å². The Kier molecular flexibility index (Phi) is 4.04. The average molecular weight is 300 g/mol. The molecule has 114 valence electrons. The van der Waals surface area contributed by atoms with Crippen molar-refractivity contribution in [3.8, 4) is 5.75 Å². The van der Waals surface area contributed by atoms with Crippen LogP contribution in [0.5, 0.6) is 5.75 Å². The summed E-state index contributed by atoms with van der Waals surface area (Å²) in [6.45, 7) is 1.29. The quantitative estimate of drug-likeness (QED) is 0.808. The van der Waals surface area contributed by atoms with Gasteiger partial charge in [-0.25, -0.2) is 0 Å². The first-order valence-corrected chi connectivity index (χ1v) is 7.05. The number of fused-ring (bicyclic) bond motifs is 1. The summed E-state index contributed by atoms with van der Waals surface area (Å²) in [6, 6.07) is 6.84. The number of aryl methyl sites for hydroxylation is 1. The largest absolute Gasteiger partial charge is 0.482 e. The summed E-state index contributed by atoms with van der Waals surface area (Å²) >= 11 is 0. The summed E-state index contributed by atoms with van der Waals surface area (Å²) in [4.78, 5) is 23.3. The van der Waals surface area contributed by atoms with Gasteiger partial charge >= 0.3 is 0 Å². The molecule has 2 N–H and O–H groups in total. The molecule has 0 bridgehead atoms. The van der Waals surface area contributed by atoms with Gasteiger partial charge in [-0.15, -0.1) is 0 Å². The SMILES string of the molecule is O=C1COc2cc(C(=O)NCCCn3cccn3)ccc2N1. The second-order valence-corrected chi connectivity index (χ2v) is 4.93. The van der Waals surface area contributed by atoms with Crippen LogP contribution >= 0.6 is 0 Å². The molecular weight excluding hydrogens is 284 g/mol. The van der Waals surface area contributed by atoms with Gasteiger partial charge in [-0.05, 0) is 30.7 Å². The molecule has 0 saturated heterocycles. The molecule has 2 amide bonds. The molecule has 0 atom stereocenters. The number of hydrogen-bond donors (Lipinski definition) is 2. The van der Waals surface area contributed by atoms with Gasteiger partial charge in [-0.3, -0.25) is 14.3 Å². The highest BCUT2D eigenvalue weighted by atomic mass is 16.5. The third kappa shape index (κ3) is 3.25. The molecule has 0 radical (unpaired) electrons. The van der Waals surface area contributed by atoms with E-state index in [1.165, 1.54) is 0 Å². The fraction of sp³-hybridized carbons (Fsp3) is 0.267. The van der Waals surface area contributed by atoms with Crippen molar-refractivity contribution < 1.29 is 14.3 Å². The predicted octanol–water partition coefficient (Wildman–Crippen LogP) is 1.03. The van der Waals surface area contributed by atoms with Crippen LogP contribution in [0.2, 0.25) is 0 Å². The summed E-state index contributed by atoms with van der Waals surface area (Å²) in [5.74, 6) is 0.163. The lowest BCUT2D eigenvalue weighted by molar-refractivity contribution is -0.118. The minimum atomic E-state index is -0.191. The van der Waals surface area contributed by atoms with E-state index >= 15 is 0 Å². The van der Waals surface area contributed by atoms with Gasteiger partial charge in [0.1, 0.15) is 5.75 Å². The summed E-state index contributed by atoms with van der Waals surface area (Å²) in [5, 5.41) is 9.64. The fourth-order valence-electron chi connectivity index (χ4n) is 2.19. The Morgan fingerprint density at radius 1 is 1.45 bits per heavy atom. The molecule has 0 fully saturated rings. The molecule has 1 aromatic heterocycles. The van der Waals surface area contributed by atoms with E-state index in [-0.39, 0.29) is 18.4 Å². The average Bonchev–Trinajstić information content (AvgIpc) is 3.04. The van der Waals surface area contributed by atoms with Gasteiger partial charge in [0.05, 0.1) is 5.69 Å². The van der Waals surface area contributed by atoms with Crippen molar-refractivity contribution in [1.29, 1.82) is 0 Å². The molecule has 0 saturated carbocycles. The van der Waals surface area contributed by atoms with Gasteiger partial charge < -0.3 is 15.4 Å². The molecule has 2 heterocycles. The lowest BCUT2D eigenvalue weighted by Gasteiger charge is -2.18. The summed E-state index contributed by atoms with van der Waals surface area (Å²) in [7, 11) is 0. The smallest absolute Gasteiger partial charge is 0.262 e. The second kappa shape index (κ2) is 6.30. The Bertz CT molecular complexity index is 682. The lowest BCUT2D eigenvalue weighted by Crippen LogP contribution is -2.27. The number of nitrogens with one attached hydrogen (secondary N) is 2. The lowest BCUT2D eigenvalue weighted by atomic mass is 10.1. The van der Waals surface area contributed by atoms with Crippen LogP contribution in [0.1, 0.15) is 16.8 Å². The number of ether oxygens (including phenoxy) is 1. The van der Waals surface area contributed by atoms with Crippen LogP contribution in [0.3, 0.4) is 0 Å². The zero-order chi connectivity index (χ0) is 15.4. The highest BCUT2D eigenvalue weighted by molar-refractivity contribution is 5.98. The van der Waals surface area contributed by atoms with Crippen molar-refractivity contribution >= 4 is 17.5 Å². The van der Waals surface area contributed by atoms with Crippen LogP contribution in [0.25, 0.3) is 0 Å². The van der Waals surface area contributed by atoms with Crippen molar-refractivity contribution in [1.82, 2.24) is 15.1 Å². The number of nitrogens with zero attached hydrogens (tertiary/aromatic N) is 2. The van der Waals surface area contributed by atoms with Gasteiger partial charge in [-0.2, -0.15) is 5.10 Å². The minimum Gasteiger partial charge on any atom is -0.482 e. The summed E-state index contributed by atoms with van der Waals surface area (Å²) in [5.41, 5.74) is 1.10. The van der Waals surface area contributed by atoms with E-state index in [1.54, 1.807) is 24.4 Å². The standard InChI is InChI=1S/C15H16N4O3/c20-14-10-22-13-9-11(3-4-12(13)18-14)15(21)16-5-1-7-19-8-2-6-17-19/h2-4,6,8-9H,1,5,7,10H2,(H,16,21)(H,18,20). The molecule has 7 heteroatoms. The second-order valence-electron chi connectivity index (χ2n) is 4.93. The van der Waals surface area contributed by atoms with E-state index in [9.17, 15) is 9.59 Å². The maximum Gasteiger partial charge on any atom is 0.262 e. The van der Waals surface area contributed by atoms with Gasteiger partial charge in [-0.1, -0.05) is 0 Å². The number of amides is 2. The van der Waals surface area contributed by atoms with Crippen LogP contribution in [0.4, 0.5) is 5.69 Å². The topological polar surface area (TPSA) is 85.2 Å². The first kappa shape index (κ1) is 14.1. The van der Waals surface area contributed by atoms with Crippen molar-refractivity contribution in [2.24, 2.45) is 0 Å². The molecular formula is C15H16N4O3. The van der Waals surface area contributed by atoms with Crippen LogP contribution in [0, 0.1) is 0 Å². The first-order valence-electron chi connectivity index (χ1n) is 7.05. The maximum atomic E-state index is 12.1. The van der Waals surface area contributed by atoms with E-state index in [4.69, 9.17) is 4.74 Å². The van der Waals surface area contributed by atoms with Crippen molar-refractivity contribution in [2.45, 2.75) is 13.0 Å². The number of carbonyl (C=O) groups excluding carboxylic acids is 2. The third-order valence-corrected chi connectivity index (χ3v) is 3.29. The van der Waals surface area contributed by atoms with Crippen molar-refractivity contribution in [2.75, 3.05) is 18.5 Å². The first-order chi connectivity index (χ1) is 10.7.